The number of hydrogen-bond acceptors (Lipinski definition) is 4. The van der Waals surface area contributed by atoms with E-state index in [1.165, 1.54) is 4.31 Å². The van der Waals surface area contributed by atoms with Crippen LogP contribution < -0.4 is 9.62 Å². The Labute approximate surface area is 259 Å². The maximum atomic E-state index is 13.9. The molecule has 0 saturated heterocycles. The predicted octanol–water partition coefficient (Wildman–Crippen LogP) is 6.40. The summed E-state index contributed by atoms with van der Waals surface area (Å²) in [6.07, 6.45) is 2.49. The number of sulfonamides is 1. The zero-order valence-electron chi connectivity index (χ0n) is 24.5. The van der Waals surface area contributed by atoms with Gasteiger partial charge in [-0.15, -0.1) is 0 Å². The standard InChI is InChI=1S/C32H39Cl2N3O4S/c1-5-24(3)35-32(39)30(20-25-11-7-6-8-12-25)36(22-26-13-9-14-27(33)19-26)31(38)15-10-18-37(42(4,40)41)29-21-28(34)17-16-23(29)2/h6-9,11-14,16-17,19,21,24,30H,5,10,15,18,20,22H2,1-4H3,(H,35,39)/t24-,30+/m1/s1. The van der Waals surface area contributed by atoms with Gasteiger partial charge < -0.3 is 10.2 Å². The van der Waals surface area contributed by atoms with Gasteiger partial charge in [-0.1, -0.05) is 78.7 Å². The smallest absolute Gasteiger partial charge is 0.243 e. The van der Waals surface area contributed by atoms with E-state index in [4.69, 9.17) is 23.2 Å². The van der Waals surface area contributed by atoms with Gasteiger partial charge in [0.05, 0.1) is 11.9 Å². The molecule has 1 N–H and O–H groups in total. The predicted molar refractivity (Wildman–Crippen MR) is 171 cm³/mol. The Bertz CT molecular complexity index is 1470. The lowest BCUT2D eigenvalue weighted by Gasteiger charge is -2.33. The molecule has 7 nitrogen and oxygen atoms in total. The van der Waals surface area contributed by atoms with E-state index in [0.717, 1.165) is 29.4 Å². The van der Waals surface area contributed by atoms with Gasteiger partial charge in [0.1, 0.15) is 6.04 Å². The molecule has 3 aromatic carbocycles. The Morgan fingerprint density at radius 2 is 1.60 bits per heavy atom. The molecule has 226 valence electrons. The summed E-state index contributed by atoms with van der Waals surface area (Å²) in [5.41, 5.74) is 2.94. The van der Waals surface area contributed by atoms with Crippen LogP contribution in [0.2, 0.25) is 10.0 Å². The number of nitrogens with one attached hydrogen (secondary N) is 1. The number of nitrogens with zero attached hydrogens (tertiary/aromatic N) is 2. The third-order valence-corrected chi connectivity index (χ3v) is 8.76. The fourth-order valence-electron chi connectivity index (χ4n) is 4.66. The number of rotatable bonds is 14. The summed E-state index contributed by atoms with van der Waals surface area (Å²) in [6, 6.07) is 21.0. The van der Waals surface area contributed by atoms with Crippen molar-refractivity contribution in [3.8, 4) is 0 Å². The molecule has 2 amide bonds. The fourth-order valence-corrected chi connectivity index (χ4v) is 6.05. The summed E-state index contributed by atoms with van der Waals surface area (Å²) in [5.74, 6) is -0.498. The highest BCUT2D eigenvalue weighted by atomic mass is 35.5. The Hall–Kier alpha value is -3.07. The van der Waals surface area contributed by atoms with E-state index in [-0.39, 0.29) is 43.8 Å². The van der Waals surface area contributed by atoms with E-state index < -0.39 is 16.1 Å². The number of carbonyl (C=O) groups is 2. The number of hydrogen-bond donors (Lipinski definition) is 1. The van der Waals surface area contributed by atoms with Crippen LogP contribution >= 0.6 is 23.2 Å². The highest BCUT2D eigenvalue weighted by Crippen LogP contribution is 2.27. The van der Waals surface area contributed by atoms with Crippen molar-refractivity contribution in [2.24, 2.45) is 0 Å². The molecule has 0 spiro atoms. The van der Waals surface area contributed by atoms with E-state index in [1.54, 1.807) is 35.2 Å². The molecule has 0 bridgehead atoms. The molecule has 0 aliphatic carbocycles. The van der Waals surface area contributed by atoms with Crippen molar-refractivity contribution in [2.75, 3.05) is 17.1 Å². The molecule has 0 fully saturated rings. The van der Waals surface area contributed by atoms with Crippen molar-refractivity contribution in [3.05, 3.63) is 99.5 Å². The normalized spacial score (nSPS) is 12.8. The highest BCUT2D eigenvalue weighted by Gasteiger charge is 2.31. The van der Waals surface area contributed by atoms with Crippen LogP contribution in [-0.2, 0) is 32.6 Å². The van der Waals surface area contributed by atoms with Crippen molar-refractivity contribution in [3.63, 3.8) is 0 Å². The third kappa shape index (κ3) is 9.75. The first-order valence-electron chi connectivity index (χ1n) is 14.0. The van der Waals surface area contributed by atoms with Crippen molar-refractivity contribution >= 4 is 50.7 Å². The van der Waals surface area contributed by atoms with Crippen LogP contribution in [0.3, 0.4) is 0 Å². The average molecular weight is 633 g/mol. The van der Waals surface area contributed by atoms with E-state index in [1.807, 2.05) is 63.2 Å². The fraction of sp³-hybridized carbons (Fsp3) is 0.375. The molecule has 0 aromatic heterocycles. The number of anilines is 1. The van der Waals surface area contributed by atoms with Gasteiger partial charge in [0, 0.05) is 42.0 Å². The number of carbonyl (C=O) groups excluding carboxylic acids is 2. The van der Waals surface area contributed by atoms with Crippen LogP contribution in [0.15, 0.2) is 72.8 Å². The number of aryl methyl sites for hydroxylation is 1. The minimum atomic E-state index is -3.64. The van der Waals surface area contributed by atoms with Gasteiger partial charge in [-0.05, 0) is 67.6 Å². The second kappa shape index (κ2) is 15.4. The second-order valence-corrected chi connectivity index (χ2v) is 13.3. The molecule has 0 heterocycles. The molecule has 3 rings (SSSR count). The zero-order valence-corrected chi connectivity index (χ0v) is 26.8. The Balaban J connectivity index is 1.91. The molecular formula is C32H39Cl2N3O4S. The topological polar surface area (TPSA) is 86.8 Å². The Morgan fingerprint density at radius 3 is 2.24 bits per heavy atom. The van der Waals surface area contributed by atoms with E-state index in [9.17, 15) is 18.0 Å². The minimum Gasteiger partial charge on any atom is -0.352 e. The minimum absolute atomic E-state index is 0.0358. The summed E-state index contributed by atoms with van der Waals surface area (Å²) in [6.45, 7) is 5.98. The van der Waals surface area contributed by atoms with E-state index >= 15 is 0 Å². The molecule has 0 unspecified atom stereocenters. The highest BCUT2D eigenvalue weighted by molar-refractivity contribution is 7.92. The maximum Gasteiger partial charge on any atom is 0.243 e. The van der Waals surface area contributed by atoms with Crippen LogP contribution in [0.25, 0.3) is 0 Å². The lowest BCUT2D eigenvalue weighted by Crippen LogP contribution is -2.52. The molecule has 2 atom stereocenters. The van der Waals surface area contributed by atoms with E-state index in [2.05, 4.69) is 5.32 Å². The van der Waals surface area contributed by atoms with Crippen LogP contribution in [0.1, 0.15) is 49.8 Å². The molecule has 10 heteroatoms. The number of amides is 2. The molecule has 3 aromatic rings. The first kappa shape index (κ1) is 33.4. The average Bonchev–Trinajstić information content (AvgIpc) is 2.94. The molecule has 42 heavy (non-hydrogen) atoms. The largest absolute Gasteiger partial charge is 0.352 e. The van der Waals surface area contributed by atoms with Gasteiger partial charge in [0.25, 0.3) is 0 Å². The summed E-state index contributed by atoms with van der Waals surface area (Å²) >= 11 is 12.4. The first-order chi connectivity index (χ1) is 19.9. The molecule has 0 saturated carbocycles. The van der Waals surface area contributed by atoms with E-state index in [0.29, 0.717) is 22.2 Å². The van der Waals surface area contributed by atoms with Crippen molar-refractivity contribution in [1.29, 1.82) is 0 Å². The van der Waals surface area contributed by atoms with Gasteiger partial charge in [-0.3, -0.25) is 13.9 Å². The van der Waals surface area contributed by atoms with Crippen LogP contribution in [0.4, 0.5) is 5.69 Å². The summed E-state index contributed by atoms with van der Waals surface area (Å²) in [4.78, 5) is 29.2. The monoisotopic (exact) mass is 631 g/mol. The van der Waals surface area contributed by atoms with Gasteiger partial charge in [0.15, 0.2) is 0 Å². The summed E-state index contributed by atoms with van der Waals surface area (Å²) in [7, 11) is -3.64. The molecule has 0 aliphatic heterocycles. The lowest BCUT2D eigenvalue weighted by atomic mass is 10.0. The molecule has 0 radical (unpaired) electrons. The SMILES string of the molecule is CC[C@@H](C)NC(=O)[C@H](Cc1ccccc1)N(Cc1cccc(Cl)c1)C(=O)CCCN(c1cc(Cl)ccc1C)S(C)(=O)=O. The summed E-state index contributed by atoms with van der Waals surface area (Å²) < 4.78 is 26.7. The molecule has 0 aliphatic rings. The van der Waals surface area contributed by atoms with Gasteiger partial charge in [-0.25, -0.2) is 8.42 Å². The van der Waals surface area contributed by atoms with Crippen molar-refractivity contribution in [1.82, 2.24) is 10.2 Å². The van der Waals surface area contributed by atoms with Crippen molar-refractivity contribution in [2.45, 2.75) is 65.1 Å². The first-order valence-corrected chi connectivity index (χ1v) is 16.6. The Kier molecular flexibility index (Phi) is 12.3. The van der Waals surface area contributed by atoms with Crippen LogP contribution in [0, 0.1) is 6.92 Å². The summed E-state index contributed by atoms with van der Waals surface area (Å²) in [5, 5.41) is 4.00. The second-order valence-electron chi connectivity index (χ2n) is 10.5. The van der Waals surface area contributed by atoms with Crippen molar-refractivity contribution < 1.29 is 18.0 Å². The van der Waals surface area contributed by atoms with Gasteiger partial charge in [-0.2, -0.15) is 0 Å². The molecular weight excluding hydrogens is 593 g/mol. The van der Waals surface area contributed by atoms with Gasteiger partial charge >= 0.3 is 0 Å². The zero-order chi connectivity index (χ0) is 30.9. The lowest BCUT2D eigenvalue weighted by molar-refractivity contribution is -0.141. The van der Waals surface area contributed by atoms with Crippen LogP contribution in [0.5, 0.6) is 0 Å². The number of halogens is 2. The Morgan fingerprint density at radius 1 is 0.929 bits per heavy atom. The number of benzene rings is 3. The third-order valence-electron chi connectivity index (χ3n) is 7.11. The van der Waals surface area contributed by atoms with Crippen LogP contribution in [-0.4, -0.2) is 50.0 Å². The quantitative estimate of drug-likeness (QED) is 0.223. The maximum absolute atomic E-state index is 13.9. The van der Waals surface area contributed by atoms with Gasteiger partial charge in [0.2, 0.25) is 21.8 Å².